The molecular formula is C22H21F3N2O4. The molecule has 1 aliphatic carbocycles. The predicted molar refractivity (Wildman–Crippen MR) is 104 cm³/mol. The quantitative estimate of drug-likeness (QED) is 0.667. The number of allylic oxidation sites excluding steroid dienone is 2. The number of ether oxygens (including phenoxy) is 1. The van der Waals surface area contributed by atoms with Crippen molar-refractivity contribution in [2.45, 2.75) is 45.1 Å². The van der Waals surface area contributed by atoms with Crippen molar-refractivity contribution in [1.82, 2.24) is 9.80 Å². The number of nitrogens with zero attached hydrogens (tertiary/aromatic N) is 2. The first-order valence-corrected chi connectivity index (χ1v) is 9.81. The van der Waals surface area contributed by atoms with E-state index in [0.717, 1.165) is 11.0 Å². The molecule has 1 fully saturated rings. The van der Waals surface area contributed by atoms with Gasteiger partial charge in [0.2, 0.25) is 5.91 Å². The van der Waals surface area contributed by atoms with Gasteiger partial charge in [-0.3, -0.25) is 19.3 Å². The molecule has 1 spiro atoms. The van der Waals surface area contributed by atoms with E-state index >= 15 is 0 Å². The molecule has 0 radical (unpaired) electrons. The van der Waals surface area contributed by atoms with Crippen LogP contribution in [0.2, 0.25) is 0 Å². The fourth-order valence-corrected chi connectivity index (χ4v) is 4.60. The molecule has 1 aromatic carbocycles. The van der Waals surface area contributed by atoms with Crippen molar-refractivity contribution >= 4 is 17.7 Å². The van der Waals surface area contributed by atoms with E-state index in [2.05, 4.69) is 4.74 Å². The van der Waals surface area contributed by atoms with E-state index in [9.17, 15) is 27.6 Å². The van der Waals surface area contributed by atoms with E-state index in [-0.39, 0.29) is 24.1 Å². The zero-order chi connectivity index (χ0) is 22.8. The van der Waals surface area contributed by atoms with Gasteiger partial charge < -0.3 is 9.64 Å². The van der Waals surface area contributed by atoms with E-state index in [1.54, 1.807) is 32.9 Å². The van der Waals surface area contributed by atoms with Crippen molar-refractivity contribution in [3.05, 3.63) is 59.4 Å². The van der Waals surface area contributed by atoms with Crippen LogP contribution >= 0.6 is 0 Å². The molecule has 0 bridgehead atoms. The number of amides is 3. The summed E-state index contributed by atoms with van der Waals surface area (Å²) in [7, 11) is 0. The Morgan fingerprint density at radius 1 is 1.03 bits per heavy atom. The smallest absolute Gasteiger partial charge is 0.409 e. The number of rotatable bonds is 2. The summed E-state index contributed by atoms with van der Waals surface area (Å²) in [6.07, 6.45) is -1.27. The van der Waals surface area contributed by atoms with Crippen LogP contribution in [0.25, 0.3) is 0 Å². The molecule has 4 rings (SSSR count). The molecule has 9 heteroatoms. The van der Waals surface area contributed by atoms with Crippen molar-refractivity contribution in [2.75, 3.05) is 6.54 Å². The van der Waals surface area contributed by atoms with Crippen molar-refractivity contribution in [3.63, 3.8) is 0 Å². The van der Waals surface area contributed by atoms with E-state index in [0.29, 0.717) is 0 Å². The van der Waals surface area contributed by atoms with Gasteiger partial charge >= 0.3 is 6.36 Å². The molecule has 2 aliphatic heterocycles. The molecule has 6 nitrogen and oxygen atoms in total. The third-order valence-electron chi connectivity index (χ3n) is 5.98. The van der Waals surface area contributed by atoms with Gasteiger partial charge in [-0.05, 0) is 45.4 Å². The summed E-state index contributed by atoms with van der Waals surface area (Å²) in [5, 5.41) is 0. The highest BCUT2D eigenvalue weighted by molar-refractivity contribution is 6.22. The monoisotopic (exact) mass is 434 g/mol. The second kappa shape index (κ2) is 6.70. The number of hydrogen-bond acceptors (Lipinski definition) is 4. The first-order chi connectivity index (χ1) is 14.4. The normalized spacial score (nSPS) is 26.1. The van der Waals surface area contributed by atoms with Crippen LogP contribution in [-0.2, 0) is 9.53 Å². The Morgan fingerprint density at radius 2 is 1.61 bits per heavy atom. The number of halogens is 3. The minimum atomic E-state index is -5.04. The van der Waals surface area contributed by atoms with Crippen LogP contribution in [0.15, 0.2) is 48.3 Å². The lowest BCUT2D eigenvalue weighted by Gasteiger charge is -2.42. The molecule has 0 N–H and O–H groups in total. The van der Waals surface area contributed by atoms with Gasteiger partial charge in [-0.1, -0.05) is 24.3 Å². The van der Waals surface area contributed by atoms with Crippen LogP contribution in [-0.4, -0.2) is 52.0 Å². The molecule has 1 saturated heterocycles. The van der Waals surface area contributed by atoms with Crippen molar-refractivity contribution in [3.8, 4) is 0 Å². The van der Waals surface area contributed by atoms with Crippen LogP contribution in [0.3, 0.4) is 0 Å². The second-order valence-corrected chi connectivity index (χ2v) is 8.78. The van der Waals surface area contributed by atoms with Gasteiger partial charge in [0.15, 0.2) is 0 Å². The Bertz CT molecular complexity index is 1000. The molecule has 1 aromatic rings. The Morgan fingerprint density at radius 3 is 2.10 bits per heavy atom. The molecule has 31 heavy (non-hydrogen) atoms. The summed E-state index contributed by atoms with van der Waals surface area (Å²) in [6, 6.07) is 4.91. The predicted octanol–water partition coefficient (Wildman–Crippen LogP) is 3.66. The van der Waals surface area contributed by atoms with Gasteiger partial charge in [-0.15, -0.1) is 13.2 Å². The van der Waals surface area contributed by atoms with Crippen LogP contribution in [0.1, 0.15) is 47.9 Å². The van der Waals surface area contributed by atoms with Gasteiger partial charge in [-0.2, -0.15) is 0 Å². The Balaban J connectivity index is 1.84. The average molecular weight is 434 g/mol. The van der Waals surface area contributed by atoms with Crippen LogP contribution in [0, 0.1) is 5.41 Å². The second-order valence-electron chi connectivity index (χ2n) is 8.78. The van der Waals surface area contributed by atoms with Crippen LogP contribution in [0.4, 0.5) is 13.2 Å². The van der Waals surface area contributed by atoms with Gasteiger partial charge in [0.1, 0.15) is 11.2 Å². The largest absolute Gasteiger partial charge is 0.572 e. The molecule has 3 amide bonds. The number of benzene rings is 1. The SMILES string of the molecule is CC(C)(C)N1CCC2(C1=O)C(OC(F)(F)F)=CC=CC2N1C(=O)c2ccccc2C1=O. The van der Waals surface area contributed by atoms with E-state index in [1.807, 2.05) is 0 Å². The first-order valence-electron chi connectivity index (χ1n) is 9.81. The maximum absolute atomic E-state index is 13.6. The minimum Gasteiger partial charge on any atom is -0.409 e. The summed E-state index contributed by atoms with van der Waals surface area (Å²) in [5.74, 6) is -2.52. The molecule has 0 saturated carbocycles. The van der Waals surface area contributed by atoms with Gasteiger partial charge in [0.25, 0.3) is 11.8 Å². The number of carbonyl (C=O) groups is 3. The van der Waals surface area contributed by atoms with Crippen LogP contribution in [0.5, 0.6) is 0 Å². The lowest BCUT2D eigenvalue weighted by Crippen LogP contribution is -2.57. The molecule has 164 valence electrons. The van der Waals surface area contributed by atoms with Gasteiger partial charge in [-0.25, -0.2) is 0 Å². The van der Waals surface area contributed by atoms with Crippen molar-refractivity contribution in [1.29, 1.82) is 0 Å². The van der Waals surface area contributed by atoms with Crippen molar-refractivity contribution < 1.29 is 32.3 Å². The zero-order valence-electron chi connectivity index (χ0n) is 17.2. The Labute approximate surface area is 176 Å². The average Bonchev–Trinajstić information content (AvgIpc) is 3.13. The highest BCUT2D eigenvalue weighted by Gasteiger charge is 2.62. The number of likely N-dealkylation sites (tertiary alicyclic amines) is 1. The van der Waals surface area contributed by atoms with E-state index < -0.39 is 46.8 Å². The third kappa shape index (κ3) is 3.14. The number of hydrogen-bond donors (Lipinski definition) is 0. The zero-order valence-corrected chi connectivity index (χ0v) is 17.2. The summed E-state index contributed by atoms with van der Waals surface area (Å²) in [4.78, 5) is 42.2. The number of fused-ring (bicyclic) bond motifs is 1. The van der Waals surface area contributed by atoms with Crippen LogP contribution < -0.4 is 0 Å². The number of imide groups is 1. The molecule has 2 heterocycles. The summed E-state index contributed by atoms with van der Waals surface area (Å²) in [6.45, 7) is 5.48. The Hall–Kier alpha value is -3.10. The molecule has 2 atom stereocenters. The highest BCUT2D eigenvalue weighted by atomic mass is 19.4. The van der Waals surface area contributed by atoms with E-state index in [4.69, 9.17) is 0 Å². The van der Waals surface area contributed by atoms with E-state index in [1.165, 1.54) is 29.2 Å². The fourth-order valence-electron chi connectivity index (χ4n) is 4.60. The molecule has 2 unspecified atom stereocenters. The standard InChI is InChI=1S/C22H21F3N2O4/c1-20(2,3)26-12-11-21(19(26)30)15(9-6-10-16(21)31-22(23,24)25)27-17(28)13-7-4-5-8-14(13)18(27)29/h4-10,15H,11-12H2,1-3H3. The summed E-state index contributed by atoms with van der Waals surface area (Å²) < 4.78 is 44.0. The number of carbonyl (C=O) groups excluding carboxylic acids is 3. The fraction of sp³-hybridized carbons (Fsp3) is 0.409. The highest BCUT2D eigenvalue weighted by Crippen LogP contribution is 2.51. The van der Waals surface area contributed by atoms with Gasteiger partial charge in [0.05, 0.1) is 17.2 Å². The molecule has 0 aromatic heterocycles. The maximum Gasteiger partial charge on any atom is 0.572 e. The molecular weight excluding hydrogens is 413 g/mol. The van der Waals surface area contributed by atoms with Crippen molar-refractivity contribution in [2.24, 2.45) is 5.41 Å². The number of alkyl halides is 3. The maximum atomic E-state index is 13.6. The lowest BCUT2D eigenvalue weighted by molar-refractivity contribution is -0.311. The van der Waals surface area contributed by atoms with Gasteiger partial charge in [0, 0.05) is 12.1 Å². The third-order valence-corrected chi connectivity index (χ3v) is 5.98. The Kier molecular flexibility index (Phi) is 4.57. The summed E-state index contributed by atoms with van der Waals surface area (Å²) in [5.41, 5.74) is -2.22. The summed E-state index contributed by atoms with van der Waals surface area (Å²) >= 11 is 0. The molecule has 3 aliphatic rings. The topological polar surface area (TPSA) is 66.9 Å². The minimum absolute atomic E-state index is 0.0343. The lowest BCUT2D eigenvalue weighted by atomic mass is 9.73. The first kappa shape index (κ1) is 21.1.